The molecule has 22 heavy (non-hydrogen) atoms. The second-order valence-electron chi connectivity index (χ2n) is 6.47. The molecule has 1 aromatic carbocycles. The molecule has 0 aliphatic carbocycles. The van der Waals surface area contributed by atoms with Crippen molar-refractivity contribution < 1.29 is 9.47 Å². The minimum atomic E-state index is 0.0549. The summed E-state index contributed by atoms with van der Waals surface area (Å²) in [7, 11) is 0. The number of nitrogens with zero attached hydrogens (tertiary/aromatic N) is 1. The maximum absolute atomic E-state index is 6.44. The SMILES string of the molecule is CCOc1ccc2c(c1)CCC1(CCN(CCCN)CC1)O2. The van der Waals surface area contributed by atoms with E-state index in [0.717, 1.165) is 69.8 Å². The molecule has 0 amide bonds. The van der Waals surface area contributed by atoms with E-state index in [0.29, 0.717) is 6.61 Å². The van der Waals surface area contributed by atoms with Crippen molar-refractivity contribution >= 4 is 0 Å². The van der Waals surface area contributed by atoms with Gasteiger partial charge in [0.2, 0.25) is 0 Å². The number of fused-ring (bicyclic) bond motifs is 1. The van der Waals surface area contributed by atoms with Crippen LogP contribution in [-0.2, 0) is 6.42 Å². The third kappa shape index (κ3) is 3.39. The first-order valence-corrected chi connectivity index (χ1v) is 8.62. The number of rotatable bonds is 5. The first kappa shape index (κ1) is 15.6. The van der Waals surface area contributed by atoms with E-state index in [4.69, 9.17) is 15.2 Å². The summed E-state index contributed by atoms with van der Waals surface area (Å²) in [5, 5.41) is 0. The molecule has 0 aromatic heterocycles. The maximum atomic E-state index is 6.44. The molecule has 2 aliphatic heterocycles. The lowest BCUT2D eigenvalue weighted by Gasteiger charge is -2.44. The molecule has 2 heterocycles. The fourth-order valence-electron chi connectivity index (χ4n) is 3.61. The van der Waals surface area contributed by atoms with Crippen molar-refractivity contribution in [3.8, 4) is 11.5 Å². The molecule has 2 aliphatic rings. The van der Waals surface area contributed by atoms with E-state index in [1.165, 1.54) is 5.56 Å². The topological polar surface area (TPSA) is 47.7 Å². The molecule has 0 bridgehead atoms. The van der Waals surface area contributed by atoms with Crippen LogP contribution in [0.15, 0.2) is 18.2 Å². The lowest BCUT2D eigenvalue weighted by atomic mass is 9.83. The van der Waals surface area contributed by atoms with E-state index < -0.39 is 0 Å². The third-order valence-electron chi connectivity index (χ3n) is 4.97. The number of hydrogen-bond donors (Lipinski definition) is 1. The van der Waals surface area contributed by atoms with E-state index in [1.54, 1.807) is 0 Å². The second kappa shape index (κ2) is 6.88. The minimum Gasteiger partial charge on any atom is -0.494 e. The van der Waals surface area contributed by atoms with E-state index in [9.17, 15) is 0 Å². The Bertz CT molecular complexity index is 496. The summed E-state index contributed by atoms with van der Waals surface area (Å²) in [5.74, 6) is 2.02. The van der Waals surface area contributed by atoms with Gasteiger partial charge in [0.05, 0.1) is 6.61 Å². The number of hydrogen-bond acceptors (Lipinski definition) is 4. The zero-order valence-electron chi connectivity index (χ0n) is 13.6. The molecule has 0 atom stereocenters. The predicted molar refractivity (Wildman–Crippen MR) is 88.6 cm³/mol. The summed E-state index contributed by atoms with van der Waals surface area (Å²) < 4.78 is 12.0. The van der Waals surface area contributed by atoms with Crippen LogP contribution in [-0.4, -0.2) is 43.3 Å². The van der Waals surface area contributed by atoms with E-state index in [-0.39, 0.29) is 5.60 Å². The van der Waals surface area contributed by atoms with E-state index in [1.807, 2.05) is 13.0 Å². The largest absolute Gasteiger partial charge is 0.494 e. The van der Waals surface area contributed by atoms with Gasteiger partial charge >= 0.3 is 0 Å². The Balaban J connectivity index is 1.62. The summed E-state index contributed by atoms with van der Waals surface area (Å²) in [6.07, 6.45) is 5.57. The summed E-state index contributed by atoms with van der Waals surface area (Å²) >= 11 is 0. The Hall–Kier alpha value is -1.26. The number of nitrogens with two attached hydrogens (primary N) is 1. The van der Waals surface area contributed by atoms with Crippen LogP contribution in [0.2, 0.25) is 0 Å². The molecule has 0 saturated carbocycles. The number of piperidine rings is 1. The zero-order chi connectivity index (χ0) is 15.4. The van der Waals surface area contributed by atoms with Gasteiger partial charge in [0.1, 0.15) is 17.1 Å². The van der Waals surface area contributed by atoms with Gasteiger partial charge in [0, 0.05) is 13.1 Å². The summed E-state index contributed by atoms with van der Waals surface area (Å²) in [6.45, 7) is 6.90. The molecule has 1 spiro atoms. The fraction of sp³-hybridized carbons (Fsp3) is 0.667. The van der Waals surface area contributed by atoms with Crippen molar-refractivity contribution in [3.05, 3.63) is 23.8 Å². The first-order chi connectivity index (χ1) is 10.7. The quantitative estimate of drug-likeness (QED) is 0.908. The van der Waals surface area contributed by atoms with E-state index >= 15 is 0 Å². The van der Waals surface area contributed by atoms with Crippen LogP contribution in [0, 0.1) is 0 Å². The van der Waals surface area contributed by atoms with Gasteiger partial charge in [0.15, 0.2) is 0 Å². The van der Waals surface area contributed by atoms with Gasteiger partial charge in [-0.15, -0.1) is 0 Å². The molecule has 3 rings (SSSR count). The summed E-state index contributed by atoms with van der Waals surface area (Å²) in [5.41, 5.74) is 6.96. The number of likely N-dealkylation sites (tertiary alicyclic amines) is 1. The molecule has 1 fully saturated rings. The highest BCUT2D eigenvalue weighted by molar-refractivity contribution is 5.42. The monoisotopic (exact) mass is 304 g/mol. The Morgan fingerprint density at radius 1 is 1.27 bits per heavy atom. The van der Waals surface area contributed by atoms with Crippen LogP contribution in [0.25, 0.3) is 0 Å². The standard InChI is InChI=1S/C18H28N2O2/c1-2-21-16-4-5-17-15(14-16)6-7-18(22-17)8-12-20(13-9-18)11-3-10-19/h4-5,14H,2-3,6-13,19H2,1H3. The lowest BCUT2D eigenvalue weighted by molar-refractivity contribution is -0.0145. The van der Waals surface area contributed by atoms with Crippen molar-refractivity contribution in [1.82, 2.24) is 4.90 Å². The molecule has 0 radical (unpaired) electrons. The van der Waals surface area contributed by atoms with Crippen LogP contribution < -0.4 is 15.2 Å². The highest BCUT2D eigenvalue weighted by Gasteiger charge is 2.39. The lowest BCUT2D eigenvalue weighted by Crippen LogP contribution is -2.50. The average molecular weight is 304 g/mol. The van der Waals surface area contributed by atoms with Gasteiger partial charge in [-0.1, -0.05) is 0 Å². The molecule has 0 unspecified atom stereocenters. The van der Waals surface area contributed by atoms with Crippen LogP contribution in [0.1, 0.15) is 38.2 Å². The third-order valence-corrected chi connectivity index (χ3v) is 4.97. The smallest absolute Gasteiger partial charge is 0.123 e. The predicted octanol–water partition coefficient (Wildman–Crippen LogP) is 2.59. The molecule has 2 N–H and O–H groups in total. The number of benzene rings is 1. The van der Waals surface area contributed by atoms with Crippen molar-refractivity contribution in [2.24, 2.45) is 5.73 Å². The van der Waals surface area contributed by atoms with Gasteiger partial charge < -0.3 is 20.1 Å². The second-order valence-corrected chi connectivity index (χ2v) is 6.47. The highest BCUT2D eigenvalue weighted by atomic mass is 16.5. The maximum Gasteiger partial charge on any atom is 0.123 e. The first-order valence-electron chi connectivity index (χ1n) is 8.62. The molecule has 1 aromatic rings. The number of ether oxygens (including phenoxy) is 2. The van der Waals surface area contributed by atoms with Gasteiger partial charge in [0.25, 0.3) is 0 Å². The molecular weight excluding hydrogens is 276 g/mol. The normalized spacial score (nSPS) is 20.5. The van der Waals surface area contributed by atoms with Crippen LogP contribution in [0.3, 0.4) is 0 Å². The van der Waals surface area contributed by atoms with Crippen molar-refractivity contribution in [1.29, 1.82) is 0 Å². The summed E-state index contributed by atoms with van der Waals surface area (Å²) in [4.78, 5) is 2.52. The van der Waals surface area contributed by atoms with Gasteiger partial charge in [-0.3, -0.25) is 0 Å². The van der Waals surface area contributed by atoms with Crippen LogP contribution >= 0.6 is 0 Å². The average Bonchev–Trinajstić information content (AvgIpc) is 2.55. The Morgan fingerprint density at radius 3 is 2.82 bits per heavy atom. The van der Waals surface area contributed by atoms with Crippen molar-refractivity contribution in [3.63, 3.8) is 0 Å². The van der Waals surface area contributed by atoms with Gasteiger partial charge in [-0.25, -0.2) is 0 Å². The molecule has 4 nitrogen and oxygen atoms in total. The molecule has 4 heteroatoms. The Morgan fingerprint density at radius 2 is 2.09 bits per heavy atom. The van der Waals surface area contributed by atoms with Crippen LogP contribution in [0.4, 0.5) is 0 Å². The highest BCUT2D eigenvalue weighted by Crippen LogP contribution is 2.40. The number of aryl methyl sites for hydroxylation is 1. The summed E-state index contributed by atoms with van der Waals surface area (Å²) in [6, 6.07) is 6.25. The molecule has 122 valence electrons. The van der Waals surface area contributed by atoms with Crippen molar-refractivity contribution in [2.45, 2.75) is 44.6 Å². The van der Waals surface area contributed by atoms with Gasteiger partial charge in [-0.05, 0) is 75.9 Å². The van der Waals surface area contributed by atoms with Gasteiger partial charge in [-0.2, -0.15) is 0 Å². The van der Waals surface area contributed by atoms with E-state index in [2.05, 4.69) is 17.0 Å². The minimum absolute atomic E-state index is 0.0549. The molecular formula is C18H28N2O2. The van der Waals surface area contributed by atoms with Crippen molar-refractivity contribution in [2.75, 3.05) is 32.8 Å². The zero-order valence-corrected chi connectivity index (χ0v) is 13.6. The Labute approximate surface area is 133 Å². The fourth-order valence-corrected chi connectivity index (χ4v) is 3.61. The molecule has 1 saturated heterocycles. The Kier molecular flexibility index (Phi) is 4.89. The van der Waals surface area contributed by atoms with Crippen LogP contribution in [0.5, 0.6) is 11.5 Å².